The number of aliphatic hydroxyl groups excluding tert-OH is 1. The van der Waals surface area contributed by atoms with E-state index < -0.39 is 0 Å². The van der Waals surface area contributed by atoms with E-state index in [0.29, 0.717) is 12.8 Å². The molecule has 4 heteroatoms. The van der Waals surface area contributed by atoms with E-state index in [-0.39, 0.29) is 24.1 Å². The Morgan fingerprint density at radius 2 is 1.95 bits per heavy atom. The Morgan fingerprint density at radius 1 is 1.30 bits per heavy atom. The van der Waals surface area contributed by atoms with Gasteiger partial charge >= 0.3 is 0 Å². The Hall–Kier alpha value is -1.39. The zero-order chi connectivity index (χ0) is 14.4. The van der Waals surface area contributed by atoms with E-state index in [1.54, 1.807) is 0 Å². The third kappa shape index (κ3) is 3.81. The van der Waals surface area contributed by atoms with Gasteiger partial charge in [0.05, 0.1) is 12.1 Å². The van der Waals surface area contributed by atoms with Crippen LogP contribution >= 0.6 is 0 Å². The molecule has 0 saturated heterocycles. The van der Waals surface area contributed by atoms with Gasteiger partial charge in [-0.15, -0.1) is 0 Å². The van der Waals surface area contributed by atoms with Crippen molar-refractivity contribution in [2.24, 2.45) is 5.73 Å². The van der Waals surface area contributed by atoms with Crippen molar-refractivity contribution in [3.05, 3.63) is 35.9 Å². The highest BCUT2D eigenvalue weighted by molar-refractivity contribution is 5.76. The molecule has 0 heterocycles. The van der Waals surface area contributed by atoms with Crippen molar-refractivity contribution in [3.63, 3.8) is 0 Å². The van der Waals surface area contributed by atoms with Crippen molar-refractivity contribution in [2.45, 2.75) is 50.1 Å². The Kier molecular flexibility index (Phi) is 5.15. The Labute approximate surface area is 120 Å². The van der Waals surface area contributed by atoms with Crippen LogP contribution in [-0.2, 0) is 4.79 Å². The number of aliphatic hydroxyl groups is 1. The zero-order valence-electron chi connectivity index (χ0n) is 11.8. The largest absolute Gasteiger partial charge is 0.394 e. The summed E-state index contributed by atoms with van der Waals surface area (Å²) in [5.74, 6) is -0.00710. The lowest BCUT2D eigenvalue weighted by Crippen LogP contribution is -2.49. The summed E-state index contributed by atoms with van der Waals surface area (Å²) in [6.07, 6.45) is 4.92. The SMILES string of the molecule is NC(CCC(=O)NC1(CO)CCCC1)c1ccccc1. The predicted molar refractivity (Wildman–Crippen MR) is 79.0 cm³/mol. The fraction of sp³-hybridized carbons (Fsp3) is 0.562. The van der Waals surface area contributed by atoms with Crippen LogP contribution in [0, 0.1) is 0 Å². The highest BCUT2D eigenvalue weighted by Crippen LogP contribution is 2.29. The van der Waals surface area contributed by atoms with Gasteiger partial charge in [-0.1, -0.05) is 43.2 Å². The first kappa shape index (κ1) is 15.0. The van der Waals surface area contributed by atoms with E-state index in [0.717, 1.165) is 31.2 Å². The Bertz CT molecular complexity index is 427. The smallest absolute Gasteiger partial charge is 0.220 e. The molecule has 0 bridgehead atoms. The van der Waals surface area contributed by atoms with E-state index in [1.165, 1.54) is 0 Å². The summed E-state index contributed by atoms with van der Waals surface area (Å²) < 4.78 is 0. The first-order chi connectivity index (χ1) is 9.65. The standard InChI is InChI=1S/C16H24N2O2/c17-14(13-6-2-1-3-7-13)8-9-15(20)18-16(12-19)10-4-5-11-16/h1-3,6-7,14,19H,4-5,8-12,17H2,(H,18,20). The van der Waals surface area contributed by atoms with Crippen molar-refractivity contribution in [1.82, 2.24) is 5.32 Å². The molecule has 20 heavy (non-hydrogen) atoms. The van der Waals surface area contributed by atoms with Crippen LogP contribution in [0.5, 0.6) is 0 Å². The molecule has 110 valence electrons. The molecule has 0 aromatic heterocycles. The van der Waals surface area contributed by atoms with Gasteiger partial charge in [-0.2, -0.15) is 0 Å². The fourth-order valence-electron chi connectivity index (χ4n) is 2.89. The summed E-state index contributed by atoms with van der Waals surface area (Å²) >= 11 is 0. The lowest BCUT2D eigenvalue weighted by Gasteiger charge is -2.28. The molecule has 4 N–H and O–H groups in total. The van der Waals surface area contributed by atoms with Gasteiger partial charge in [0, 0.05) is 12.5 Å². The summed E-state index contributed by atoms with van der Waals surface area (Å²) in [6.45, 7) is 0.0312. The topological polar surface area (TPSA) is 75.4 Å². The first-order valence-corrected chi connectivity index (χ1v) is 7.38. The van der Waals surface area contributed by atoms with Crippen LogP contribution in [-0.4, -0.2) is 23.2 Å². The number of carbonyl (C=O) groups excluding carboxylic acids is 1. The number of carbonyl (C=O) groups is 1. The minimum absolute atomic E-state index is 0.00710. The molecule has 1 unspecified atom stereocenters. The molecule has 4 nitrogen and oxygen atoms in total. The maximum atomic E-state index is 12.0. The molecule has 1 amide bonds. The van der Waals surface area contributed by atoms with E-state index in [4.69, 9.17) is 5.73 Å². The van der Waals surface area contributed by atoms with Crippen molar-refractivity contribution < 1.29 is 9.90 Å². The van der Waals surface area contributed by atoms with Gasteiger partial charge in [0.2, 0.25) is 5.91 Å². The molecule has 0 aliphatic heterocycles. The van der Waals surface area contributed by atoms with Crippen LogP contribution in [0.15, 0.2) is 30.3 Å². The van der Waals surface area contributed by atoms with Gasteiger partial charge in [0.15, 0.2) is 0 Å². The highest BCUT2D eigenvalue weighted by Gasteiger charge is 2.34. The average molecular weight is 276 g/mol. The molecular formula is C16H24N2O2. The molecule has 2 rings (SSSR count). The Balaban J connectivity index is 1.80. The molecule has 1 saturated carbocycles. The summed E-state index contributed by atoms with van der Waals surface area (Å²) in [4.78, 5) is 12.0. The Morgan fingerprint density at radius 3 is 2.55 bits per heavy atom. The first-order valence-electron chi connectivity index (χ1n) is 7.38. The van der Waals surface area contributed by atoms with Gasteiger partial charge in [0.25, 0.3) is 0 Å². The molecule has 1 fully saturated rings. The summed E-state index contributed by atoms with van der Waals surface area (Å²) in [6, 6.07) is 9.70. The maximum Gasteiger partial charge on any atom is 0.220 e. The van der Waals surface area contributed by atoms with Gasteiger partial charge < -0.3 is 16.2 Å². The molecule has 0 radical (unpaired) electrons. The summed E-state index contributed by atoms with van der Waals surface area (Å²) in [7, 11) is 0. The highest BCUT2D eigenvalue weighted by atomic mass is 16.3. The van der Waals surface area contributed by atoms with Crippen LogP contribution in [0.2, 0.25) is 0 Å². The third-order valence-corrected chi connectivity index (χ3v) is 4.18. The van der Waals surface area contributed by atoms with Crippen LogP contribution in [0.25, 0.3) is 0 Å². The third-order valence-electron chi connectivity index (χ3n) is 4.18. The second-order valence-corrected chi connectivity index (χ2v) is 5.75. The minimum Gasteiger partial charge on any atom is -0.394 e. The van der Waals surface area contributed by atoms with Gasteiger partial charge in [0.1, 0.15) is 0 Å². The van der Waals surface area contributed by atoms with Crippen molar-refractivity contribution >= 4 is 5.91 Å². The normalized spacial score (nSPS) is 18.7. The summed E-state index contributed by atoms with van der Waals surface area (Å²) in [5.41, 5.74) is 6.76. The maximum absolute atomic E-state index is 12.0. The minimum atomic E-state index is -0.381. The second kappa shape index (κ2) is 6.86. The molecule has 1 aliphatic carbocycles. The van der Waals surface area contributed by atoms with Crippen LogP contribution in [0.3, 0.4) is 0 Å². The quantitative estimate of drug-likeness (QED) is 0.742. The molecule has 1 aromatic rings. The molecule has 1 atom stereocenters. The van der Waals surface area contributed by atoms with Crippen LogP contribution < -0.4 is 11.1 Å². The van der Waals surface area contributed by atoms with Crippen molar-refractivity contribution in [3.8, 4) is 0 Å². The number of nitrogens with one attached hydrogen (secondary N) is 1. The number of rotatable bonds is 6. The van der Waals surface area contributed by atoms with Crippen molar-refractivity contribution in [2.75, 3.05) is 6.61 Å². The monoisotopic (exact) mass is 276 g/mol. The van der Waals surface area contributed by atoms with Gasteiger partial charge in [-0.25, -0.2) is 0 Å². The number of nitrogens with two attached hydrogens (primary N) is 1. The fourth-order valence-corrected chi connectivity index (χ4v) is 2.89. The second-order valence-electron chi connectivity index (χ2n) is 5.75. The number of benzene rings is 1. The van der Waals surface area contributed by atoms with Gasteiger partial charge in [-0.3, -0.25) is 4.79 Å². The lowest BCUT2D eigenvalue weighted by molar-refractivity contribution is -0.123. The van der Waals surface area contributed by atoms with Crippen molar-refractivity contribution in [1.29, 1.82) is 0 Å². The predicted octanol–water partition coefficient (Wildman–Crippen LogP) is 1.89. The average Bonchev–Trinajstić information content (AvgIpc) is 2.95. The number of hydrogen-bond donors (Lipinski definition) is 3. The van der Waals surface area contributed by atoms with E-state index in [1.807, 2.05) is 30.3 Å². The van der Waals surface area contributed by atoms with E-state index >= 15 is 0 Å². The molecule has 1 aromatic carbocycles. The van der Waals surface area contributed by atoms with E-state index in [9.17, 15) is 9.90 Å². The van der Waals surface area contributed by atoms with Gasteiger partial charge in [-0.05, 0) is 24.8 Å². The molecule has 1 aliphatic rings. The number of amides is 1. The number of hydrogen-bond acceptors (Lipinski definition) is 3. The summed E-state index contributed by atoms with van der Waals surface area (Å²) in [5, 5.41) is 12.5. The van der Waals surface area contributed by atoms with Crippen LogP contribution in [0.4, 0.5) is 0 Å². The van der Waals surface area contributed by atoms with Crippen LogP contribution in [0.1, 0.15) is 50.1 Å². The zero-order valence-corrected chi connectivity index (χ0v) is 11.8. The molecule has 0 spiro atoms. The molecular weight excluding hydrogens is 252 g/mol. The van der Waals surface area contributed by atoms with E-state index in [2.05, 4.69) is 5.32 Å². The lowest BCUT2D eigenvalue weighted by atomic mass is 9.97.